The minimum absolute atomic E-state index is 0. The summed E-state index contributed by atoms with van der Waals surface area (Å²) in [5.41, 5.74) is 5.24. The van der Waals surface area contributed by atoms with E-state index in [1.807, 2.05) is 38.1 Å². The van der Waals surface area contributed by atoms with Gasteiger partial charge in [-0.1, -0.05) is 71.7 Å². The van der Waals surface area contributed by atoms with Crippen LogP contribution in [0.1, 0.15) is 77.4 Å². The quantitative estimate of drug-likeness (QED) is 0.131. The van der Waals surface area contributed by atoms with Crippen molar-refractivity contribution in [2.45, 2.75) is 67.1 Å². The second-order valence-electron chi connectivity index (χ2n) is 10.6. The van der Waals surface area contributed by atoms with Gasteiger partial charge >= 0.3 is 0 Å². The standard InChI is InChI=1S/C30H30N.C5H8O2.Ir/c1-18(2)11-21-15-28(22-13-19(3)12-20(4)14-22)31-29-17-27-25(16-24(21)29)23-9-7-8-10-26(23)30(27,5)6;1-4(6)3-5(2)7;/h7-10,12-13,15-18H,11H2,1-6H3;3,6H,1-2H3;/q-1;;/b;4-3-;/i5D3,6D3;;. The summed E-state index contributed by atoms with van der Waals surface area (Å²) in [6.45, 7) is 5.60. The molecular weight excluding hydrogens is 659 g/mol. The summed E-state index contributed by atoms with van der Waals surface area (Å²) in [7, 11) is 0. The van der Waals surface area contributed by atoms with E-state index in [4.69, 9.17) is 18.3 Å². The van der Waals surface area contributed by atoms with Crippen LogP contribution in [-0.4, -0.2) is 15.9 Å². The van der Waals surface area contributed by atoms with Gasteiger partial charge in [0.15, 0.2) is 5.78 Å². The summed E-state index contributed by atoms with van der Waals surface area (Å²) >= 11 is 0. The smallest absolute Gasteiger partial charge is 0.155 e. The van der Waals surface area contributed by atoms with E-state index in [-0.39, 0.29) is 31.6 Å². The number of nitrogens with zero attached hydrogens (tertiary/aromatic N) is 1. The van der Waals surface area contributed by atoms with Gasteiger partial charge in [0.05, 0.1) is 11.3 Å². The molecule has 0 bridgehead atoms. The number of ketones is 1. The van der Waals surface area contributed by atoms with Gasteiger partial charge in [-0.15, -0.1) is 34.9 Å². The van der Waals surface area contributed by atoms with Gasteiger partial charge in [-0.2, -0.15) is 0 Å². The molecule has 1 aromatic heterocycles. The Labute approximate surface area is 255 Å². The minimum Gasteiger partial charge on any atom is -0.512 e. The summed E-state index contributed by atoms with van der Waals surface area (Å²) < 4.78 is 51.1. The predicted octanol–water partition coefficient (Wildman–Crippen LogP) is 8.86. The first kappa shape index (κ1) is 22.7. The molecule has 1 aliphatic rings. The molecule has 1 N–H and O–H groups in total. The van der Waals surface area contributed by atoms with Gasteiger partial charge in [0, 0.05) is 45.2 Å². The third-order valence-corrected chi connectivity index (χ3v) is 6.52. The number of benzene rings is 3. The van der Waals surface area contributed by atoms with Gasteiger partial charge in [-0.05, 0) is 71.8 Å². The molecule has 0 saturated heterocycles. The summed E-state index contributed by atoms with van der Waals surface area (Å²) in [5.74, 6) is 0.318. The maximum atomic E-state index is 10.0. The number of carbonyl (C=O) groups is 1. The van der Waals surface area contributed by atoms with E-state index in [0.29, 0.717) is 33.7 Å². The summed E-state index contributed by atoms with van der Waals surface area (Å²) in [6, 6.07) is 20.3. The maximum Gasteiger partial charge on any atom is 0.155 e. The molecular formula is C35H38IrNO2-. The zero-order chi connectivity index (χ0) is 32.8. The number of aliphatic hydroxyl groups excluding tert-OH is 1. The molecule has 3 nitrogen and oxygen atoms in total. The van der Waals surface area contributed by atoms with E-state index < -0.39 is 19.1 Å². The number of rotatable bonds is 4. The van der Waals surface area contributed by atoms with Crippen molar-refractivity contribution in [3.63, 3.8) is 0 Å². The Morgan fingerprint density at radius 1 is 1.05 bits per heavy atom. The number of aromatic nitrogens is 1. The third kappa shape index (κ3) is 6.57. The molecule has 39 heavy (non-hydrogen) atoms. The summed E-state index contributed by atoms with van der Waals surface area (Å²) in [4.78, 5) is 15.0. The molecule has 1 radical (unpaired) electrons. The molecule has 0 aliphatic heterocycles. The van der Waals surface area contributed by atoms with E-state index in [1.54, 1.807) is 18.2 Å². The molecule has 0 amide bonds. The normalized spacial score (nSPS) is 16.2. The van der Waals surface area contributed by atoms with Crippen LogP contribution in [0.25, 0.3) is 33.3 Å². The monoisotopic (exact) mass is 703 g/mol. The molecule has 5 rings (SSSR count). The molecule has 0 saturated carbocycles. The fraction of sp³-hybridized carbons (Fsp3) is 0.314. The fourth-order valence-corrected chi connectivity index (χ4v) is 5.14. The topological polar surface area (TPSA) is 50.2 Å². The second-order valence-corrected chi connectivity index (χ2v) is 10.6. The molecule has 205 valence electrons. The third-order valence-electron chi connectivity index (χ3n) is 6.52. The Balaban J connectivity index is 0.000000621. The van der Waals surface area contributed by atoms with Crippen molar-refractivity contribution < 1.29 is 38.2 Å². The molecule has 1 heterocycles. The molecule has 0 unspecified atom stereocenters. The molecule has 1 aliphatic carbocycles. The van der Waals surface area contributed by atoms with Crippen LogP contribution < -0.4 is 0 Å². The molecule has 0 spiro atoms. The zero-order valence-corrected chi connectivity index (χ0v) is 25.6. The predicted molar refractivity (Wildman–Crippen MR) is 159 cm³/mol. The van der Waals surface area contributed by atoms with Crippen LogP contribution in [-0.2, 0) is 36.7 Å². The minimum atomic E-state index is -2.80. The molecule has 0 fully saturated rings. The first-order valence-corrected chi connectivity index (χ1v) is 12.8. The van der Waals surface area contributed by atoms with E-state index in [2.05, 4.69) is 32.0 Å². The number of carbonyl (C=O) groups excluding carboxylic acids is 1. The molecule has 4 aromatic rings. The Hall–Kier alpha value is -3.07. The first-order chi connectivity index (χ1) is 20.4. The Bertz CT molecular complexity index is 1730. The van der Waals surface area contributed by atoms with Crippen LogP contribution in [0.3, 0.4) is 0 Å². The Morgan fingerprint density at radius 2 is 1.77 bits per heavy atom. The Morgan fingerprint density at radius 3 is 2.36 bits per heavy atom. The SMILES string of the molecule is CC(=O)/C=C(/C)O.[2H]C([2H])([2H])C1(C([2H])([2H])[2H])c2ccccc2-c2cc3c(CC(C)C)cc(-c4[c-]c(C)cc(C)c4)nc3cc21.[Ir]. The fourth-order valence-electron chi connectivity index (χ4n) is 5.14. The van der Waals surface area contributed by atoms with Crippen LogP contribution in [0.2, 0.25) is 0 Å². The van der Waals surface area contributed by atoms with E-state index >= 15 is 0 Å². The summed E-state index contributed by atoms with van der Waals surface area (Å²) in [6.07, 6.45) is 1.97. The largest absolute Gasteiger partial charge is 0.512 e. The number of hydrogen-bond acceptors (Lipinski definition) is 3. The van der Waals surface area contributed by atoms with Crippen LogP contribution in [0, 0.1) is 25.8 Å². The average Bonchev–Trinajstić information content (AvgIpc) is 3.17. The van der Waals surface area contributed by atoms with Gasteiger partial charge in [0.25, 0.3) is 0 Å². The van der Waals surface area contributed by atoms with Gasteiger partial charge in [-0.25, -0.2) is 0 Å². The number of hydrogen-bond donors (Lipinski definition) is 1. The van der Waals surface area contributed by atoms with Crippen LogP contribution in [0.15, 0.2) is 66.4 Å². The molecule has 0 atom stereocenters. The average molecular weight is 703 g/mol. The number of aliphatic hydroxyl groups is 1. The van der Waals surface area contributed by atoms with E-state index in [9.17, 15) is 4.79 Å². The number of aryl methyl sites for hydroxylation is 2. The van der Waals surface area contributed by atoms with Gasteiger partial charge < -0.3 is 5.11 Å². The Kier molecular flexibility index (Phi) is 6.98. The van der Waals surface area contributed by atoms with Crippen LogP contribution in [0.5, 0.6) is 0 Å². The second kappa shape index (κ2) is 12.0. The van der Waals surface area contributed by atoms with Crippen LogP contribution >= 0.6 is 0 Å². The van der Waals surface area contributed by atoms with Crippen molar-refractivity contribution >= 4 is 16.7 Å². The zero-order valence-electron chi connectivity index (χ0n) is 29.2. The first-order valence-electron chi connectivity index (χ1n) is 15.8. The summed E-state index contributed by atoms with van der Waals surface area (Å²) in [5, 5.41) is 9.28. The van der Waals surface area contributed by atoms with Crippen molar-refractivity contribution in [2.75, 3.05) is 0 Å². The van der Waals surface area contributed by atoms with Crippen molar-refractivity contribution in [3.8, 4) is 22.4 Å². The van der Waals surface area contributed by atoms with Crippen molar-refractivity contribution in [1.29, 1.82) is 0 Å². The number of pyridine rings is 1. The van der Waals surface area contributed by atoms with Crippen LogP contribution in [0.4, 0.5) is 0 Å². The van der Waals surface area contributed by atoms with Crippen molar-refractivity contribution in [2.24, 2.45) is 5.92 Å². The van der Waals surface area contributed by atoms with Crippen molar-refractivity contribution in [3.05, 3.63) is 100 Å². The van der Waals surface area contributed by atoms with Gasteiger partial charge in [0.1, 0.15) is 0 Å². The van der Waals surface area contributed by atoms with E-state index in [0.717, 1.165) is 39.8 Å². The van der Waals surface area contributed by atoms with Gasteiger partial charge in [0.2, 0.25) is 0 Å². The number of allylic oxidation sites excluding steroid dienone is 2. The van der Waals surface area contributed by atoms with Crippen molar-refractivity contribution in [1.82, 2.24) is 4.98 Å². The maximum absolute atomic E-state index is 10.0. The number of fused-ring (bicyclic) bond motifs is 4. The van der Waals surface area contributed by atoms with Gasteiger partial charge in [-0.3, -0.25) is 9.78 Å². The molecule has 3 aromatic carbocycles. The van der Waals surface area contributed by atoms with E-state index in [1.165, 1.54) is 19.9 Å². The molecule has 4 heteroatoms.